The fraction of sp³-hybridized carbons (Fsp3) is 0.125. The van der Waals surface area contributed by atoms with E-state index < -0.39 is 21.9 Å². The summed E-state index contributed by atoms with van der Waals surface area (Å²) in [5.41, 5.74) is 0.311. The Bertz CT molecular complexity index is 1350. The quantitative estimate of drug-likeness (QED) is 0.391. The number of benzene rings is 3. The van der Waals surface area contributed by atoms with Crippen molar-refractivity contribution >= 4 is 15.8 Å². The van der Waals surface area contributed by atoms with Gasteiger partial charge in [-0.15, -0.1) is 0 Å². The minimum absolute atomic E-state index is 0.0778. The average Bonchev–Trinajstić information content (AvgIpc) is 3.13. The average molecular weight is 472 g/mol. The Morgan fingerprint density at radius 3 is 2.03 bits per heavy atom. The van der Waals surface area contributed by atoms with Crippen LogP contribution < -0.4 is 4.72 Å². The highest BCUT2D eigenvalue weighted by Gasteiger charge is 2.41. The first-order valence-electron chi connectivity index (χ1n) is 10.0. The normalized spacial score (nSPS) is 12.0. The molecule has 1 aromatic heterocycles. The molecule has 0 aliphatic heterocycles. The third-order valence-corrected chi connectivity index (χ3v) is 6.38. The molecule has 4 rings (SSSR count). The van der Waals surface area contributed by atoms with Crippen LogP contribution in [0.3, 0.4) is 0 Å². The predicted molar refractivity (Wildman–Crippen MR) is 120 cm³/mol. The van der Waals surface area contributed by atoms with E-state index in [4.69, 9.17) is 0 Å². The lowest BCUT2D eigenvalue weighted by Crippen LogP contribution is -2.16. The molecule has 0 bridgehead atoms. The summed E-state index contributed by atoms with van der Waals surface area (Å²) in [6.07, 6.45) is -4.78. The Labute approximate surface area is 189 Å². The van der Waals surface area contributed by atoms with Crippen LogP contribution in [0.4, 0.5) is 19.0 Å². The van der Waals surface area contributed by atoms with E-state index in [1.165, 1.54) is 36.4 Å². The van der Waals surface area contributed by atoms with E-state index >= 15 is 0 Å². The van der Waals surface area contributed by atoms with Crippen LogP contribution in [0.15, 0.2) is 89.8 Å². The summed E-state index contributed by atoms with van der Waals surface area (Å²) in [6, 6.07) is 22.4. The van der Waals surface area contributed by atoms with Gasteiger partial charge in [0.1, 0.15) is 0 Å². The molecule has 3 aromatic carbocycles. The highest BCUT2D eigenvalue weighted by molar-refractivity contribution is 7.92. The van der Waals surface area contributed by atoms with Crippen LogP contribution in [-0.2, 0) is 22.7 Å². The molecule has 33 heavy (non-hydrogen) atoms. The van der Waals surface area contributed by atoms with Gasteiger partial charge in [-0.1, -0.05) is 78.4 Å². The van der Waals surface area contributed by atoms with Crippen molar-refractivity contribution in [1.82, 2.24) is 9.78 Å². The van der Waals surface area contributed by atoms with Crippen LogP contribution >= 0.6 is 0 Å². The van der Waals surface area contributed by atoms with E-state index in [0.29, 0.717) is 5.56 Å². The summed E-state index contributed by atoms with van der Waals surface area (Å²) in [5, 5.41) is 4.09. The SMILES string of the molecule is Cc1ccc(-c2c(NS(=O)(=O)c3ccccc3)nn(Cc3ccccc3)c2C(F)(F)F)cc1. The first-order chi connectivity index (χ1) is 15.6. The van der Waals surface area contributed by atoms with Crippen molar-refractivity contribution in [2.24, 2.45) is 0 Å². The maximum Gasteiger partial charge on any atom is 0.433 e. The highest BCUT2D eigenvalue weighted by atomic mass is 32.2. The van der Waals surface area contributed by atoms with Crippen molar-refractivity contribution in [2.75, 3.05) is 4.72 Å². The van der Waals surface area contributed by atoms with Crippen molar-refractivity contribution in [3.8, 4) is 11.1 Å². The van der Waals surface area contributed by atoms with Gasteiger partial charge in [-0.25, -0.2) is 8.42 Å². The lowest BCUT2D eigenvalue weighted by molar-refractivity contribution is -0.143. The molecule has 9 heteroatoms. The third kappa shape index (κ3) is 4.93. The van der Waals surface area contributed by atoms with E-state index in [2.05, 4.69) is 9.82 Å². The van der Waals surface area contributed by atoms with Gasteiger partial charge in [0.2, 0.25) is 0 Å². The lowest BCUT2D eigenvalue weighted by atomic mass is 10.0. The lowest BCUT2D eigenvalue weighted by Gasteiger charge is -2.13. The number of aryl methyl sites for hydroxylation is 1. The molecule has 0 saturated heterocycles. The highest BCUT2D eigenvalue weighted by Crippen LogP contribution is 2.42. The number of nitrogens with one attached hydrogen (secondary N) is 1. The zero-order valence-electron chi connectivity index (χ0n) is 17.5. The molecular weight excluding hydrogens is 451 g/mol. The maximum absolute atomic E-state index is 14.3. The zero-order chi connectivity index (χ0) is 23.6. The van der Waals surface area contributed by atoms with Crippen LogP contribution in [0, 0.1) is 6.92 Å². The summed E-state index contributed by atoms with van der Waals surface area (Å²) in [6.45, 7) is 1.63. The van der Waals surface area contributed by atoms with Gasteiger partial charge in [-0.3, -0.25) is 9.40 Å². The predicted octanol–water partition coefficient (Wildman–Crippen LogP) is 5.73. The standard InChI is InChI=1S/C24H20F3N3O2S/c1-17-12-14-19(15-13-17)21-22(24(25,26)27)30(16-18-8-4-2-5-9-18)28-23(21)29-33(31,32)20-10-6-3-7-11-20/h2-15H,16H2,1H3,(H,28,29). The number of alkyl halides is 3. The Morgan fingerprint density at radius 1 is 0.879 bits per heavy atom. The first-order valence-corrected chi connectivity index (χ1v) is 11.5. The molecule has 0 radical (unpaired) electrons. The number of hydrogen-bond acceptors (Lipinski definition) is 3. The van der Waals surface area contributed by atoms with Crippen molar-refractivity contribution < 1.29 is 21.6 Å². The molecule has 4 aromatic rings. The van der Waals surface area contributed by atoms with Crippen molar-refractivity contribution in [2.45, 2.75) is 24.5 Å². The van der Waals surface area contributed by atoms with Gasteiger partial charge in [0.05, 0.1) is 17.0 Å². The van der Waals surface area contributed by atoms with Crippen LogP contribution in [0.25, 0.3) is 11.1 Å². The van der Waals surface area contributed by atoms with Crippen LogP contribution in [0.1, 0.15) is 16.8 Å². The van der Waals surface area contributed by atoms with Gasteiger partial charge in [0.15, 0.2) is 11.5 Å². The molecule has 0 atom stereocenters. The molecule has 5 nitrogen and oxygen atoms in total. The summed E-state index contributed by atoms with van der Waals surface area (Å²) < 4.78 is 71.8. The molecule has 0 unspecified atom stereocenters. The molecule has 1 N–H and O–H groups in total. The number of rotatable bonds is 6. The van der Waals surface area contributed by atoms with Crippen molar-refractivity contribution in [1.29, 1.82) is 0 Å². The van der Waals surface area contributed by atoms with Crippen molar-refractivity contribution in [3.63, 3.8) is 0 Å². The second-order valence-corrected chi connectivity index (χ2v) is 9.18. The molecule has 0 fully saturated rings. The molecule has 0 aliphatic rings. The molecule has 0 aliphatic carbocycles. The van der Waals surface area contributed by atoms with E-state index in [9.17, 15) is 21.6 Å². The Morgan fingerprint density at radius 2 is 1.45 bits per heavy atom. The summed E-state index contributed by atoms with van der Waals surface area (Å²) in [7, 11) is -4.17. The van der Waals surface area contributed by atoms with Gasteiger partial charge in [0.25, 0.3) is 10.0 Å². The minimum Gasteiger partial charge on any atom is -0.261 e. The molecule has 1 heterocycles. The largest absolute Gasteiger partial charge is 0.433 e. The minimum atomic E-state index is -4.78. The van der Waals surface area contributed by atoms with Crippen molar-refractivity contribution in [3.05, 3.63) is 102 Å². The monoisotopic (exact) mass is 471 g/mol. The van der Waals surface area contributed by atoms with E-state index in [1.54, 1.807) is 48.5 Å². The zero-order valence-corrected chi connectivity index (χ0v) is 18.4. The Hall–Kier alpha value is -3.59. The number of sulfonamides is 1. The van der Waals surface area contributed by atoms with Gasteiger partial charge in [0, 0.05) is 0 Å². The van der Waals surface area contributed by atoms with E-state index in [0.717, 1.165) is 10.2 Å². The molecule has 0 saturated carbocycles. The Balaban J connectivity index is 1.91. The van der Waals surface area contributed by atoms with Crippen LogP contribution in [-0.4, -0.2) is 18.2 Å². The summed E-state index contributed by atoms with van der Waals surface area (Å²) in [5.74, 6) is -0.383. The fourth-order valence-corrected chi connectivity index (χ4v) is 4.50. The molecule has 170 valence electrons. The molecular formula is C24H20F3N3O2S. The second kappa shape index (κ2) is 8.74. The number of halogens is 3. The number of hydrogen-bond donors (Lipinski definition) is 1. The van der Waals surface area contributed by atoms with E-state index in [-0.39, 0.29) is 28.4 Å². The number of nitrogens with zero attached hydrogens (tertiary/aromatic N) is 2. The Kier molecular flexibility index (Phi) is 5.99. The molecule has 0 spiro atoms. The molecule has 0 amide bonds. The third-order valence-electron chi connectivity index (χ3n) is 5.02. The van der Waals surface area contributed by atoms with Crippen LogP contribution in [0.2, 0.25) is 0 Å². The van der Waals surface area contributed by atoms with Gasteiger partial charge in [-0.2, -0.15) is 18.3 Å². The van der Waals surface area contributed by atoms with Crippen LogP contribution in [0.5, 0.6) is 0 Å². The van der Waals surface area contributed by atoms with Gasteiger partial charge >= 0.3 is 6.18 Å². The maximum atomic E-state index is 14.3. The number of aromatic nitrogens is 2. The smallest absolute Gasteiger partial charge is 0.261 e. The number of anilines is 1. The first kappa shape index (κ1) is 22.6. The van der Waals surface area contributed by atoms with E-state index in [1.807, 2.05) is 6.92 Å². The summed E-state index contributed by atoms with van der Waals surface area (Å²) in [4.78, 5) is -0.0778. The second-order valence-electron chi connectivity index (χ2n) is 7.50. The topological polar surface area (TPSA) is 64.0 Å². The summed E-state index contributed by atoms with van der Waals surface area (Å²) >= 11 is 0. The van der Waals surface area contributed by atoms with Gasteiger partial charge in [-0.05, 0) is 30.2 Å². The fourth-order valence-electron chi connectivity index (χ4n) is 3.47. The van der Waals surface area contributed by atoms with Gasteiger partial charge < -0.3 is 0 Å².